The first-order valence-electron chi connectivity index (χ1n) is 9.16. The Labute approximate surface area is 181 Å². The van der Waals surface area contributed by atoms with Gasteiger partial charge in [-0.2, -0.15) is 0 Å². The summed E-state index contributed by atoms with van der Waals surface area (Å²) in [5.74, 6) is -1.18. The number of carbonyl (C=O) groups is 1. The van der Waals surface area contributed by atoms with Crippen LogP contribution in [0.4, 0.5) is 9.52 Å². The van der Waals surface area contributed by atoms with E-state index in [-0.39, 0.29) is 16.9 Å². The third kappa shape index (κ3) is 3.35. The molecule has 0 aliphatic carbocycles. The van der Waals surface area contributed by atoms with Gasteiger partial charge in [-0.3, -0.25) is 14.2 Å². The standard InChI is InChI=1S/C21H13FN4O3S2/c22-12-5-1-3-7-14(12)26-19(28)18-15(9-10-30-18)25(21(26)29)11-17(27)24-20-23-13-6-2-4-8-16(13)31-20/h1-10H,11H2,(H,23,24,27). The number of carbonyl (C=O) groups excluding carboxylic acids is 1. The predicted octanol–water partition coefficient (Wildman–Crippen LogP) is 3.60. The molecule has 1 amide bonds. The van der Waals surface area contributed by atoms with Crippen molar-refractivity contribution in [2.75, 3.05) is 5.32 Å². The van der Waals surface area contributed by atoms with Crippen LogP contribution in [0, 0.1) is 5.82 Å². The van der Waals surface area contributed by atoms with Gasteiger partial charge in [-0.25, -0.2) is 18.7 Å². The summed E-state index contributed by atoms with van der Waals surface area (Å²) >= 11 is 2.44. The lowest BCUT2D eigenvalue weighted by Crippen LogP contribution is -2.40. The van der Waals surface area contributed by atoms with E-state index in [0.29, 0.717) is 10.6 Å². The van der Waals surface area contributed by atoms with Gasteiger partial charge in [0.25, 0.3) is 5.56 Å². The summed E-state index contributed by atoms with van der Waals surface area (Å²) in [5.41, 5.74) is -0.489. The van der Waals surface area contributed by atoms with Gasteiger partial charge in [-0.15, -0.1) is 11.3 Å². The summed E-state index contributed by atoms with van der Waals surface area (Å²) in [6.07, 6.45) is 0. The smallest absolute Gasteiger partial charge is 0.300 e. The number of hydrogen-bond donors (Lipinski definition) is 1. The minimum atomic E-state index is -0.791. The molecule has 5 rings (SSSR count). The molecule has 0 spiro atoms. The van der Waals surface area contributed by atoms with Gasteiger partial charge in [0.05, 0.1) is 21.4 Å². The fourth-order valence-electron chi connectivity index (χ4n) is 3.31. The third-order valence-electron chi connectivity index (χ3n) is 4.69. The summed E-state index contributed by atoms with van der Waals surface area (Å²) in [6.45, 7) is -0.350. The quantitative estimate of drug-likeness (QED) is 0.452. The number of thiazole rings is 1. The van der Waals surface area contributed by atoms with Gasteiger partial charge in [0.2, 0.25) is 5.91 Å². The van der Waals surface area contributed by atoms with Crippen LogP contribution in [0.5, 0.6) is 0 Å². The van der Waals surface area contributed by atoms with Crippen LogP contribution in [0.25, 0.3) is 26.1 Å². The van der Waals surface area contributed by atoms with Gasteiger partial charge < -0.3 is 5.32 Å². The molecule has 7 nitrogen and oxygen atoms in total. The highest BCUT2D eigenvalue weighted by Gasteiger charge is 2.19. The van der Waals surface area contributed by atoms with Gasteiger partial charge in [-0.05, 0) is 35.7 Å². The number of halogens is 1. The number of anilines is 1. The lowest BCUT2D eigenvalue weighted by Gasteiger charge is -2.12. The summed E-state index contributed by atoms with van der Waals surface area (Å²) in [5, 5.41) is 4.76. The maximum atomic E-state index is 14.4. The normalized spacial score (nSPS) is 11.3. The minimum absolute atomic E-state index is 0.159. The highest BCUT2D eigenvalue weighted by atomic mass is 32.1. The van der Waals surface area contributed by atoms with Crippen LogP contribution >= 0.6 is 22.7 Å². The van der Waals surface area contributed by atoms with Crippen LogP contribution in [0.3, 0.4) is 0 Å². The van der Waals surface area contributed by atoms with E-state index >= 15 is 0 Å². The van der Waals surface area contributed by atoms with Crippen molar-refractivity contribution in [2.24, 2.45) is 0 Å². The number of para-hydroxylation sites is 2. The number of aromatic nitrogens is 3. The van der Waals surface area contributed by atoms with Crippen molar-refractivity contribution in [3.8, 4) is 5.69 Å². The van der Waals surface area contributed by atoms with Crippen LogP contribution in [-0.4, -0.2) is 20.0 Å². The summed E-state index contributed by atoms with van der Waals surface area (Å²) < 4.78 is 17.5. The highest BCUT2D eigenvalue weighted by molar-refractivity contribution is 7.22. The van der Waals surface area contributed by atoms with Gasteiger partial charge in [0, 0.05) is 0 Å². The Balaban J connectivity index is 1.57. The van der Waals surface area contributed by atoms with Crippen LogP contribution in [0.1, 0.15) is 0 Å². The molecular weight excluding hydrogens is 439 g/mol. The van der Waals surface area contributed by atoms with Gasteiger partial charge in [-0.1, -0.05) is 35.6 Å². The largest absolute Gasteiger partial charge is 0.336 e. The maximum Gasteiger partial charge on any atom is 0.336 e. The molecule has 3 heterocycles. The van der Waals surface area contributed by atoms with Gasteiger partial charge >= 0.3 is 5.69 Å². The number of thiophene rings is 1. The second kappa shape index (κ2) is 7.56. The Hall–Kier alpha value is -3.63. The van der Waals surface area contributed by atoms with Gasteiger partial charge in [0.1, 0.15) is 17.1 Å². The molecule has 0 aliphatic heterocycles. The van der Waals surface area contributed by atoms with Crippen molar-refractivity contribution in [1.82, 2.24) is 14.1 Å². The fraction of sp³-hybridized carbons (Fsp3) is 0.0476. The Morgan fingerprint density at radius 3 is 2.65 bits per heavy atom. The fourth-order valence-corrected chi connectivity index (χ4v) is 5.02. The first-order chi connectivity index (χ1) is 15.0. The van der Waals surface area contributed by atoms with E-state index in [4.69, 9.17) is 0 Å². The Morgan fingerprint density at radius 1 is 1.06 bits per heavy atom. The first kappa shape index (κ1) is 19.3. The first-order valence-corrected chi connectivity index (χ1v) is 10.9. The molecule has 5 aromatic rings. The average Bonchev–Trinajstić information content (AvgIpc) is 3.39. The van der Waals surface area contributed by atoms with E-state index < -0.39 is 23.0 Å². The molecule has 0 fully saturated rings. The zero-order chi connectivity index (χ0) is 21.5. The molecular formula is C21H13FN4O3S2. The molecule has 0 saturated heterocycles. The monoisotopic (exact) mass is 452 g/mol. The van der Waals surface area contributed by atoms with Crippen molar-refractivity contribution in [3.05, 3.63) is 86.6 Å². The Morgan fingerprint density at radius 2 is 1.84 bits per heavy atom. The Kier molecular flexibility index (Phi) is 4.72. The maximum absolute atomic E-state index is 14.4. The number of fused-ring (bicyclic) bond motifs is 2. The molecule has 1 N–H and O–H groups in total. The van der Waals surface area contributed by atoms with E-state index in [0.717, 1.165) is 26.1 Å². The number of hydrogen-bond acceptors (Lipinski definition) is 6. The lowest BCUT2D eigenvalue weighted by atomic mass is 10.3. The molecule has 0 atom stereocenters. The zero-order valence-electron chi connectivity index (χ0n) is 15.7. The van der Waals surface area contributed by atoms with Gasteiger partial charge in [0.15, 0.2) is 5.13 Å². The second-order valence-corrected chi connectivity index (χ2v) is 8.58. The van der Waals surface area contributed by atoms with E-state index in [1.165, 1.54) is 40.2 Å². The summed E-state index contributed by atoms with van der Waals surface area (Å²) in [4.78, 5) is 43.1. The topological polar surface area (TPSA) is 86.0 Å². The van der Waals surface area contributed by atoms with Crippen LogP contribution < -0.4 is 16.6 Å². The van der Waals surface area contributed by atoms with Crippen molar-refractivity contribution in [1.29, 1.82) is 0 Å². The van der Waals surface area contributed by atoms with Crippen molar-refractivity contribution in [3.63, 3.8) is 0 Å². The minimum Gasteiger partial charge on any atom is -0.300 e. The Bertz CT molecular complexity index is 1550. The molecule has 0 unspecified atom stereocenters. The summed E-state index contributed by atoms with van der Waals surface area (Å²) in [6, 6.07) is 14.6. The highest BCUT2D eigenvalue weighted by Crippen LogP contribution is 2.25. The van der Waals surface area contributed by atoms with E-state index in [9.17, 15) is 18.8 Å². The number of nitrogens with zero attached hydrogens (tertiary/aromatic N) is 3. The molecule has 154 valence electrons. The summed E-state index contributed by atoms with van der Waals surface area (Å²) in [7, 11) is 0. The SMILES string of the molecule is O=C(Cn1c(=O)n(-c2ccccc2F)c(=O)c2sccc21)Nc1nc2ccccc2s1. The third-order valence-corrected chi connectivity index (χ3v) is 6.53. The molecule has 2 aromatic carbocycles. The molecule has 0 bridgehead atoms. The lowest BCUT2D eigenvalue weighted by molar-refractivity contribution is -0.116. The van der Waals surface area contributed by atoms with Crippen LogP contribution in [-0.2, 0) is 11.3 Å². The second-order valence-electron chi connectivity index (χ2n) is 6.63. The van der Waals surface area contributed by atoms with Crippen molar-refractivity contribution in [2.45, 2.75) is 6.54 Å². The number of amides is 1. The predicted molar refractivity (Wildman–Crippen MR) is 120 cm³/mol. The van der Waals surface area contributed by atoms with Crippen LogP contribution in [0.2, 0.25) is 0 Å². The van der Waals surface area contributed by atoms with E-state index in [2.05, 4.69) is 10.3 Å². The molecule has 0 aliphatic rings. The van der Waals surface area contributed by atoms with E-state index in [1.807, 2.05) is 24.3 Å². The van der Waals surface area contributed by atoms with Crippen LogP contribution in [0.15, 0.2) is 69.6 Å². The number of rotatable bonds is 4. The molecule has 0 saturated carbocycles. The van der Waals surface area contributed by atoms with Crippen molar-refractivity contribution >= 4 is 54.1 Å². The average molecular weight is 452 g/mol. The van der Waals surface area contributed by atoms with E-state index in [1.54, 1.807) is 11.4 Å². The number of benzene rings is 2. The molecule has 3 aromatic heterocycles. The number of nitrogens with one attached hydrogen (secondary N) is 1. The van der Waals surface area contributed by atoms with Crippen molar-refractivity contribution < 1.29 is 9.18 Å². The molecule has 10 heteroatoms. The molecule has 0 radical (unpaired) electrons. The zero-order valence-corrected chi connectivity index (χ0v) is 17.4. The molecule has 31 heavy (non-hydrogen) atoms.